The SMILES string of the molecule is COC(=O)c1ccc(C2NC(=S)NC(c3ccc(C(=O)OC)cc3)C23C(=O)NC(=O)NC3=O)cc1. The van der Waals surface area contributed by atoms with Crippen molar-refractivity contribution in [1.82, 2.24) is 21.3 Å². The summed E-state index contributed by atoms with van der Waals surface area (Å²) in [4.78, 5) is 62.5. The molecule has 2 fully saturated rings. The van der Waals surface area contributed by atoms with Gasteiger partial charge in [0.05, 0.1) is 37.4 Å². The minimum Gasteiger partial charge on any atom is -0.465 e. The molecule has 4 amide bonds. The number of esters is 2. The number of amides is 4. The van der Waals surface area contributed by atoms with E-state index >= 15 is 0 Å². The fraction of sp³-hybridized carbons (Fsp3) is 0.217. The molecule has 2 saturated heterocycles. The summed E-state index contributed by atoms with van der Waals surface area (Å²) in [6, 6.07) is 9.22. The molecule has 0 aromatic heterocycles. The number of hydrogen-bond donors (Lipinski definition) is 4. The average Bonchev–Trinajstić information content (AvgIpc) is 2.86. The minimum absolute atomic E-state index is 0.150. The predicted octanol–water partition coefficient (Wildman–Crippen LogP) is 0.872. The van der Waals surface area contributed by atoms with Crippen LogP contribution in [-0.2, 0) is 19.1 Å². The average molecular weight is 497 g/mol. The zero-order valence-corrected chi connectivity index (χ0v) is 19.4. The molecule has 2 aromatic rings. The molecule has 0 saturated carbocycles. The smallest absolute Gasteiger partial charge is 0.337 e. The second-order valence-corrected chi connectivity index (χ2v) is 8.23. The third kappa shape index (κ3) is 3.97. The molecular formula is C23H20N4O7S. The van der Waals surface area contributed by atoms with Crippen molar-refractivity contribution in [1.29, 1.82) is 0 Å². The summed E-state index contributed by atoms with van der Waals surface area (Å²) >= 11 is 5.38. The minimum atomic E-state index is -1.92. The molecule has 2 aromatic carbocycles. The van der Waals surface area contributed by atoms with Crippen molar-refractivity contribution in [3.63, 3.8) is 0 Å². The van der Waals surface area contributed by atoms with E-state index in [2.05, 4.69) is 21.3 Å². The Kier molecular flexibility index (Phi) is 6.22. The van der Waals surface area contributed by atoms with Crippen LogP contribution in [-0.4, -0.2) is 49.1 Å². The van der Waals surface area contributed by atoms with Gasteiger partial charge in [-0.25, -0.2) is 14.4 Å². The van der Waals surface area contributed by atoms with Gasteiger partial charge in [-0.3, -0.25) is 20.2 Å². The number of methoxy groups -OCH3 is 2. The number of carbonyl (C=O) groups is 5. The van der Waals surface area contributed by atoms with Gasteiger partial charge in [0.1, 0.15) is 0 Å². The molecule has 11 nitrogen and oxygen atoms in total. The highest BCUT2D eigenvalue weighted by Crippen LogP contribution is 2.48. The third-order valence-corrected chi connectivity index (χ3v) is 6.23. The molecule has 2 unspecified atom stereocenters. The molecule has 12 heteroatoms. The van der Waals surface area contributed by atoms with E-state index in [9.17, 15) is 24.0 Å². The van der Waals surface area contributed by atoms with Gasteiger partial charge in [0.15, 0.2) is 10.5 Å². The quantitative estimate of drug-likeness (QED) is 0.273. The zero-order valence-electron chi connectivity index (χ0n) is 18.5. The summed E-state index contributed by atoms with van der Waals surface area (Å²) in [6.07, 6.45) is 0. The van der Waals surface area contributed by atoms with E-state index < -0.39 is 47.3 Å². The van der Waals surface area contributed by atoms with Crippen LogP contribution < -0.4 is 21.3 Å². The molecule has 4 N–H and O–H groups in total. The lowest BCUT2D eigenvalue weighted by Crippen LogP contribution is -2.73. The normalized spacial score (nSPS) is 20.7. The Hall–Kier alpha value is -4.32. The number of carbonyl (C=O) groups excluding carboxylic acids is 5. The van der Waals surface area contributed by atoms with Crippen molar-refractivity contribution < 1.29 is 33.4 Å². The van der Waals surface area contributed by atoms with Gasteiger partial charge in [-0.15, -0.1) is 0 Å². The number of thiocarbonyl (C=S) groups is 1. The van der Waals surface area contributed by atoms with Crippen LogP contribution in [0.25, 0.3) is 0 Å². The van der Waals surface area contributed by atoms with E-state index in [1.54, 1.807) is 24.3 Å². The lowest BCUT2D eigenvalue weighted by atomic mass is 9.65. The lowest BCUT2D eigenvalue weighted by molar-refractivity contribution is -0.149. The number of ether oxygens (including phenoxy) is 2. The largest absolute Gasteiger partial charge is 0.465 e. The van der Waals surface area contributed by atoms with E-state index in [1.807, 2.05) is 0 Å². The molecule has 0 radical (unpaired) electrons. The summed E-state index contributed by atoms with van der Waals surface area (Å²) in [6.45, 7) is 0. The van der Waals surface area contributed by atoms with E-state index in [0.29, 0.717) is 11.1 Å². The highest BCUT2D eigenvalue weighted by Gasteiger charge is 2.63. The van der Waals surface area contributed by atoms with Crippen LogP contribution in [0, 0.1) is 5.41 Å². The van der Waals surface area contributed by atoms with Crippen molar-refractivity contribution in [3.8, 4) is 0 Å². The maximum atomic E-state index is 13.4. The van der Waals surface area contributed by atoms with Crippen molar-refractivity contribution in [2.45, 2.75) is 12.1 Å². The fourth-order valence-corrected chi connectivity index (χ4v) is 4.56. The molecule has 0 aliphatic carbocycles. The summed E-state index contributed by atoms with van der Waals surface area (Å²) in [5, 5.41) is 10.4. The maximum absolute atomic E-state index is 13.4. The Morgan fingerprint density at radius 2 is 1.11 bits per heavy atom. The first-order chi connectivity index (χ1) is 16.7. The summed E-state index contributed by atoms with van der Waals surface area (Å²) in [7, 11) is 2.50. The summed E-state index contributed by atoms with van der Waals surface area (Å²) in [5.41, 5.74) is -0.473. The number of urea groups is 1. The molecule has 35 heavy (non-hydrogen) atoms. The second kappa shape index (κ2) is 9.14. The van der Waals surface area contributed by atoms with Crippen LogP contribution in [0.1, 0.15) is 43.9 Å². The van der Waals surface area contributed by atoms with Crippen LogP contribution in [0.15, 0.2) is 48.5 Å². The van der Waals surface area contributed by atoms with E-state index in [0.717, 1.165) is 0 Å². The van der Waals surface area contributed by atoms with E-state index in [1.165, 1.54) is 38.5 Å². The number of rotatable bonds is 4. The maximum Gasteiger partial charge on any atom is 0.337 e. The third-order valence-electron chi connectivity index (χ3n) is 6.00. The van der Waals surface area contributed by atoms with Crippen LogP contribution in [0.2, 0.25) is 0 Å². The molecule has 2 atom stereocenters. The van der Waals surface area contributed by atoms with Gasteiger partial charge in [0, 0.05) is 0 Å². The van der Waals surface area contributed by atoms with Gasteiger partial charge in [0.25, 0.3) is 0 Å². The van der Waals surface area contributed by atoms with Crippen molar-refractivity contribution in [3.05, 3.63) is 70.8 Å². The highest BCUT2D eigenvalue weighted by molar-refractivity contribution is 7.80. The Morgan fingerprint density at radius 3 is 1.46 bits per heavy atom. The molecule has 2 aliphatic rings. The topological polar surface area (TPSA) is 152 Å². The van der Waals surface area contributed by atoms with Gasteiger partial charge >= 0.3 is 18.0 Å². The highest BCUT2D eigenvalue weighted by atomic mass is 32.1. The Balaban J connectivity index is 1.86. The first kappa shape index (κ1) is 23.8. The molecule has 2 aliphatic heterocycles. The molecule has 1 spiro atoms. The van der Waals surface area contributed by atoms with Crippen LogP contribution >= 0.6 is 12.2 Å². The van der Waals surface area contributed by atoms with Gasteiger partial charge in [-0.2, -0.15) is 0 Å². The van der Waals surface area contributed by atoms with Crippen molar-refractivity contribution in [2.24, 2.45) is 5.41 Å². The lowest BCUT2D eigenvalue weighted by Gasteiger charge is -2.49. The van der Waals surface area contributed by atoms with Gasteiger partial charge in [-0.1, -0.05) is 24.3 Å². The van der Waals surface area contributed by atoms with E-state index in [4.69, 9.17) is 21.7 Å². The fourth-order valence-electron chi connectivity index (χ4n) is 4.32. The predicted molar refractivity (Wildman–Crippen MR) is 124 cm³/mol. The first-order valence-electron chi connectivity index (χ1n) is 10.3. The number of benzene rings is 2. The van der Waals surface area contributed by atoms with Gasteiger partial charge < -0.3 is 20.1 Å². The zero-order chi connectivity index (χ0) is 25.3. The molecular weight excluding hydrogens is 476 g/mol. The molecule has 180 valence electrons. The second-order valence-electron chi connectivity index (χ2n) is 7.82. The number of hydrogen-bond acceptors (Lipinski definition) is 8. The van der Waals surface area contributed by atoms with Gasteiger partial charge in [0.2, 0.25) is 11.8 Å². The first-order valence-corrected chi connectivity index (χ1v) is 10.7. The van der Waals surface area contributed by atoms with Crippen molar-refractivity contribution in [2.75, 3.05) is 14.2 Å². The number of nitrogens with one attached hydrogen (secondary N) is 4. The van der Waals surface area contributed by atoms with Crippen LogP contribution in [0.5, 0.6) is 0 Å². The van der Waals surface area contributed by atoms with Gasteiger partial charge in [-0.05, 0) is 47.6 Å². The monoisotopic (exact) mass is 496 g/mol. The van der Waals surface area contributed by atoms with E-state index in [-0.39, 0.29) is 16.2 Å². The number of imide groups is 2. The Labute approximate surface area is 204 Å². The molecule has 0 bridgehead atoms. The van der Waals surface area contributed by atoms with Crippen molar-refractivity contribution >= 4 is 47.1 Å². The number of barbiturate groups is 1. The van der Waals surface area contributed by atoms with Crippen LogP contribution in [0.3, 0.4) is 0 Å². The summed E-state index contributed by atoms with van der Waals surface area (Å²) < 4.78 is 9.44. The molecule has 2 heterocycles. The Morgan fingerprint density at radius 1 is 0.743 bits per heavy atom. The van der Waals surface area contributed by atoms with Crippen LogP contribution in [0.4, 0.5) is 4.79 Å². The Bertz CT molecular complexity index is 1150. The standard InChI is InChI=1S/C23H20N4O7S/c1-33-17(28)13-7-3-11(4-8-13)15-23(19(30)26-21(32)27-20(23)31)16(25-22(35)24-15)12-5-9-14(10-6-12)18(29)34-2/h3-10,15-16H,1-2H3,(H2,24,25,35)(H2,26,27,30,31,32). The molecule has 4 rings (SSSR count). The summed E-state index contributed by atoms with van der Waals surface area (Å²) in [5.74, 6) is -2.81.